The van der Waals surface area contributed by atoms with Crippen LogP contribution in [0.2, 0.25) is 0 Å². The minimum Gasteiger partial charge on any atom is -0.338 e. The molecule has 1 aromatic carbocycles. The molecule has 19 heavy (non-hydrogen) atoms. The van der Waals surface area contributed by atoms with E-state index in [-0.39, 0.29) is 17.2 Å². The SMILES string of the molecule is Cc1ccc([N+](=O)[O-])c(C(=O)N2CCCCCC2)c1. The zero-order chi connectivity index (χ0) is 13.8. The molecule has 2 rings (SSSR count). The molecule has 1 heterocycles. The molecule has 1 amide bonds. The van der Waals surface area contributed by atoms with Crippen molar-refractivity contribution in [2.75, 3.05) is 13.1 Å². The normalized spacial score (nSPS) is 15.9. The number of nitrogens with zero attached hydrogens (tertiary/aromatic N) is 2. The van der Waals surface area contributed by atoms with E-state index in [1.807, 2.05) is 6.92 Å². The number of nitro benzene ring substituents is 1. The lowest BCUT2D eigenvalue weighted by atomic mass is 10.1. The lowest BCUT2D eigenvalue weighted by Crippen LogP contribution is -2.32. The van der Waals surface area contributed by atoms with Gasteiger partial charge in [0, 0.05) is 19.2 Å². The zero-order valence-electron chi connectivity index (χ0n) is 11.1. The van der Waals surface area contributed by atoms with Crippen LogP contribution in [0, 0.1) is 17.0 Å². The first-order chi connectivity index (χ1) is 9.09. The topological polar surface area (TPSA) is 63.5 Å². The molecule has 0 aliphatic carbocycles. The van der Waals surface area contributed by atoms with E-state index in [1.54, 1.807) is 17.0 Å². The maximum Gasteiger partial charge on any atom is 0.282 e. The molecule has 0 bridgehead atoms. The number of hydrogen-bond donors (Lipinski definition) is 0. The van der Waals surface area contributed by atoms with Crippen molar-refractivity contribution in [1.82, 2.24) is 4.90 Å². The van der Waals surface area contributed by atoms with E-state index in [0.29, 0.717) is 13.1 Å². The molecule has 0 saturated carbocycles. The fourth-order valence-corrected chi connectivity index (χ4v) is 2.42. The van der Waals surface area contributed by atoms with Gasteiger partial charge in [0.1, 0.15) is 5.56 Å². The standard InChI is InChI=1S/C14H18N2O3/c1-11-6-7-13(16(18)19)12(10-11)14(17)15-8-4-2-3-5-9-15/h6-7,10H,2-5,8-9H2,1H3. The van der Waals surface area contributed by atoms with Gasteiger partial charge in [-0.3, -0.25) is 14.9 Å². The molecule has 1 fully saturated rings. The van der Waals surface area contributed by atoms with Gasteiger partial charge in [0.2, 0.25) is 0 Å². The second kappa shape index (κ2) is 5.82. The van der Waals surface area contributed by atoms with Crippen molar-refractivity contribution in [3.63, 3.8) is 0 Å². The molecule has 0 radical (unpaired) electrons. The molecular formula is C14H18N2O3. The number of aryl methyl sites for hydroxylation is 1. The second-order valence-electron chi connectivity index (χ2n) is 4.98. The molecule has 0 atom stereocenters. The number of rotatable bonds is 2. The largest absolute Gasteiger partial charge is 0.338 e. The minimum atomic E-state index is -0.482. The van der Waals surface area contributed by atoms with Crippen molar-refractivity contribution in [2.45, 2.75) is 32.6 Å². The Labute approximate surface area is 112 Å². The highest BCUT2D eigenvalue weighted by Crippen LogP contribution is 2.23. The average molecular weight is 262 g/mol. The van der Waals surface area contributed by atoms with Gasteiger partial charge in [0.25, 0.3) is 11.6 Å². The summed E-state index contributed by atoms with van der Waals surface area (Å²) in [6.45, 7) is 3.23. The molecule has 1 aromatic rings. The third-order valence-electron chi connectivity index (χ3n) is 3.47. The predicted octanol–water partition coefficient (Wildman–Crippen LogP) is 2.92. The Morgan fingerprint density at radius 3 is 2.42 bits per heavy atom. The van der Waals surface area contributed by atoms with Gasteiger partial charge < -0.3 is 4.90 Å². The summed E-state index contributed by atoms with van der Waals surface area (Å²) in [5, 5.41) is 11.0. The van der Waals surface area contributed by atoms with Gasteiger partial charge in [-0.15, -0.1) is 0 Å². The Morgan fingerprint density at radius 1 is 1.21 bits per heavy atom. The fraction of sp³-hybridized carbons (Fsp3) is 0.500. The van der Waals surface area contributed by atoms with Gasteiger partial charge in [-0.2, -0.15) is 0 Å². The lowest BCUT2D eigenvalue weighted by molar-refractivity contribution is -0.385. The molecule has 0 aromatic heterocycles. The Morgan fingerprint density at radius 2 is 1.84 bits per heavy atom. The summed E-state index contributed by atoms with van der Waals surface area (Å²) in [6, 6.07) is 4.70. The van der Waals surface area contributed by atoms with Crippen LogP contribution in [0.4, 0.5) is 5.69 Å². The Balaban J connectivity index is 2.31. The highest BCUT2D eigenvalue weighted by molar-refractivity contribution is 5.98. The summed E-state index contributed by atoms with van der Waals surface area (Å²) >= 11 is 0. The molecule has 1 aliphatic heterocycles. The number of benzene rings is 1. The van der Waals surface area contributed by atoms with Crippen LogP contribution in [0.5, 0.6) is 0 Å². The van der Waals surface area contributed by atoms with Crippen LogP contribution in [-0.2, 0) is 0 Å². The monoisotopic (exact) mass is 262 g/mol. The average Bonchev–Trinajstić information content (AvgIpc) is 2.66. The van der Waals surface area contributed by atoms with Crippen LogP contribution in [0.3, 0.4) is 0 Å². The van der Waals surface area contributed by atoms with Crippen LogP contribution >= 0.6 is 0 Å². The second-order valence-corrected chi connectivity index (χ2v) is 4.98. The molecule has 1 saturated heterocycles. The van der Waals surface area contributed by atoms with Crippen molar-refractivity contribution in [3.8, 4) is 0 Å². The van der Waals surface area contributed by atoms with E-state index < -0.39 is 4.92 Å². The molecule has 5 nitrogen and oxygen atoms in total. The summed E-state index contributed by atoms with van der Waals surface area (Å²) in [7, 11) is 0. The van der Waals surface area contributed by atoms with Gasteiger partial charge in [-0.25, -0.2) is 0 Å². The maximum atomic E-state index is 12.5. The van der Waals surface area contributed by atoms with E-state index in [2.05, 4.69) is 0 Å². The van der Waals surface area contributed by atoms with Crippen molar-refractivity contribution in [2.24, 2.45) is 0 Å². The zero-order valence-corrected chi connectivity index (χ0v) is 11.1. The quantitative estimate of drug-likeness (QED) is 0.608. The highest BCUT2D eigenvalue weighted by atomic mass is 16.6. The van der Waals surface area contributed by atoms with E-state index >= 15 is 0 Å². The van der Waals surface area contributed by atoms with Crippen molar-refractivity contribution >= 4 is 11.6 Å². The molecule has 0 spiro atoms. The molecular weight excluding hydrogens is 244 g/mol. The van der Waals surface area contributed by atoms with Gasteiger partial charge in [0.15, 0.2) is 0 Å². The van der Waals surface area contributed by atoms with Gasteiger partial charge in [-0.05, 0) is 31.4 Å². The van der Waals surface area contributed by atoms with E-state index in [1.165, 1.54) is 6.07 Å². The number of nitro groups is 1. The smallest absolute Gasteiger partial charge is 0.282 e. The Bertz CT molecular complexity index is 491. The Hall–Kier alpha value is -1.91. The van der Waals surface area contributed by atoms with Gasteiger partial charge in [0.05, 0.1) is 4.92 Å². The molecule has 0 unspecified atom stereocenters. The van der Waals surface area contributed by atoms with E-state index in [4.69, 9.17) is 0 Å². The first-order valence-electron chi connectivity index (χ1n) is 6.64. The fourth-order valence-electron chi connectivity index (χ4n) is 2.42. The molecule has 5 heteroatoms. The van der Waals surface area contributed by atoms with Crippen molar-refractivity contribution < 1.29 is 9.72 Å². The number of amides is 1. The molecule has 1 aliphatic rings. The van der Waals surface area contributed by atoms with E-state index in [0.717, 1.165) is 31.2 Å². The highest BCUT2D eigenvalue weighted by Gasteiger charge is 2.25. The van der Waals surface area contributed by atoms with Crippen LogP contribution < -0.4 is 0 Å². The van der Waals surface area contributed by atoms with Crippen LogP contribution in [0.15, 0.2) is 18.2 Å². The van der Waals surface area contributed by atoms with Crippen LogP contribution in [0.1, 0.15) is 41.6 Å². The van der Waals surface area contributed by atoms with Crippen molar-refractivity contribution in [1.29, 1.82) is 0 Å². The summed E-state index contributed by atoms with van der Waals surface area (Å²) in [5.74, 6) is -0.211. The van der Waals surface area contributed by atoms with Crippen LogP contribution in [0.25, 0.3) is 0 Å². The summed E-state index contributed by atoms with van der Waals surface area (Å²) < 4.78 is 0. The summed E-state index contributed by atoms with van der Waals surface area (Å²) in [6.07, 6.45) is 4.20. The number of hydrogen-bond acceptors (Lipinski definition) is 3. The third-order valence-corrected chi connectivity index (χ3v) is 3.47. The summed E-state index contributed by atoms with van der Waals surface area (Å²) in [4.78, 5) is 24.7. The number of carbonyl (C=O) groups is 1. The summed E-state index contributed by atoms with van der Waals surface area (Å²) in [5.41, 5.74) is 0.982. The van der Waals surface area contributed by atoms with Crippen molar-refractivity contribution in [3.05, 3.63) is 39.4 Å². The maximum absolute atomic E-state index is 12.5. The minimum absolute atomic E-state index is 0.0974. The first-order valence-corrected chi connectivity index (χ1v) is 6.64. The number of likely N-dealkylation sites (tertiary alicyclic amines) is 1. The van der Waals surface area contributed by atoms with E-state index in [9.17, 15) is 14.9 Å². The van der Waals surface area contributed by atoms with Gasteiger partial charge >= 0.3 is 0 Å². The van der Waals surface area contributed by atoms with Crippen LogP contribution in [-0.4, -0.2) is 28.8 Å². The Kier molecular flexibility index (Phi) is 4.14. The third kappa shape index (κ3) is 3.10. The number of carbonyl (C=O) groups excluding carboxylic acids is 1. The predicted molar refractivity (Wildman–Crippen MR) is 72.2 cm³/mol. The lowest BCUT2D eigenvalue weighted by Gasteiger charge is -2.20. The first kappa shape index (κ1) is 13.5. The molecule has 102 valence electrons. The van der Waals surface area contributed by atoms with Gasteiger partial charge in [-0.1, -0.05) is 18.9 Å². The molecule has 0 N–H and O–H groups in total.